The van der Waals surface area contributed by atoms with E-state index in [-0.39, 0.29) is 0 Å². The van der Waals surface area contributed by atoms with E-state index >= 15 is 0 Å². The lowest BCUT2D eigenvalue weighted by Crippen LogP contribution is -1.94. The van der Waals surface area contributed by atoms with Gasteiger partial charge in [-0.2, -0.15) is 0 Å². The van der Waals surface area contributed by atoms with Crippen LogP contribution < -0.4 is 4.74 Å². The third kappa shape index (κ3) is 1.85. The molecule has 1 heterocycles. The highest BCUT2D eigenvalue weighted by molar-refractivity contribution is 5.39. The average molecular weight is 176 g/mol. The van der Waals surface area contributed by atoms with Crippen molar-refractivity contribution in [2.45, 2.75) is 26.7 Å². The summed E-state index contributed by atoms with van der Waals surface area (Å²) in [5.41, 5.74) is 2.83. The average Bonchev–Trinajstić information content (AvgIpc) is 2.49. The van der Waals surface area contributed by atoms with Crippen molar-refractivity contribution in [2.75, 3.05) is 6.61 Å². The van der Waals surface area contributed by atoms with Gasteiger partial charge in [0.1, 0.15) is 5.75 Å². The first-order valence-corrected chi connectivity index (χ1v) is 5.00. The zero-order valence-electron chi connectivity index (χ0n) is 8.34. The number of hydrogen-bond acceptors (Lipinski definition) is 1. The summed E-state index contributed by atoms with van der Waals surface area (Å²) >= 11 is 0. The molecule has 1 aromatic rings. The van der Waals surface area contributed by atoms with E-state index in [1.807, 2.05) is 0 Å². The zero-order valence-corrected chi connectivity index (χ0v) is 8.34. The number of rotatable bonds is 2. The Morgan fingerprint density at radius 2 is 2.23 bits per heavy atom. The highest BCUT2D eigenvalue weighted by atomic mass is 16.5. The van der Waals surface area contributed by atoms with Crippen LogP contribution >= 0.6 is 0 Å². The maximum atomic E-state index is 5.46. The smallest absolute Gasteiger partial charge is 0.122 e. The molecule has 0 radical (unpaired) electrons. The molecule has 0 atom stereocenters. The Bertz CT molecular complexity index is 302. The molecule has 1 aliphatic rings. The van der Waals surface area contributed by atoms with Crippen molar-refractivity contribution in [3.8, 4) is 5.75 Å². The highest BCUT2D eigenvalue weighted by Crippen LogP contribution is 2.26. The Balaban J connectivity index is 2.21. The maximum Gasteiger partial charge on any atom is 0.122 e. The minimum absolute atomic E-state index is 0.736. The van der Waals surface area contributed by atoms with E-state index in [4.69, 9.17) is 4.74 Å². The van der Waals surface area contributed by atoms with E-state index in [0.717, 1.165) is 24.7 Å². The Morgan fingerprint density at radius 1 is 1.38 bits per heavy atom. The largest absolute Gasteiger partial charge is 0.493 e. The second kappa shape index (κ2) is 3.41. The molecule has 1 aromatic carbocycles. The van der Waals surface area contributed by atoms with Crippen LogP contribution in [0.15, 0.2) is 18.2 Å². The first-order valence-electron chi connectivity index (χ1n) is 5.00. The quantitative estimate of drug-likeness (QED) is 0.673. The van der Waals surface area contributed by atoms with Crippen molar-refractivity contribution >= 4 is 0 Å². The van der Waals surface area contributed by atoms with E-state index in [2.05, 4.69) is 32.0 Å². The van der Waals surface area contributed by atoms with Crippen molar-refractivity contribution in [3.63, 3.8) is 0 Å². The van der Waals surface area contributed by atoms with Crippen LogP contribution in [0, 0.1) is 5.92 Å². The number of ether oxygens (including phenoxy) is 1. The van der Waals surface area contributed by atoms with Gasteiger partial charge >= 0.3 is 0 Å². The van der Waals surface area contributed by atoms with Crippen LogP contribution in [0.4, 0.5) is 0 Å². The summed E-state index contributed by atoms with van der Waals surface area (Å²) in [7, 11) is 0. The van der Waals surface area contributed by atoms with Gasteiger partial charge in [-0.3, -0.25) is 0 Å². The third-order valence-electron chi connectivity index (χ3n) is 2.40. The zero-order chi connectivity index (χ0) is 9.26. The molecule has 13 heavy (non-hydrogen) atoms. The molecular formula is C12H16O. The Hall–Kier alpha value is -0.980. The van der Waals surface area contributed by atoms with E-state index in [1.165, 1.54) is 17.5 Å². The Kier molecular flexibility index (Phi) is 2.26. The number of fused-ring (bicyclic) bond motifs is 1. The first kappa shape index (κ1) is 8.61. The molecule has 0 saturated heterocycles. The molecule has 1 nitrogen and oxygen atoms in total. The lowest BCUT2D eigenvalue weighted by atomic mass is 10.0. The van der Waals surface area contributed by atoms with Crippen LogP contribution in [-0.2, 0) is 12.8 Å². The maximum absolute atomic E-state index is 5.46. The van der Waals surface area contributed by atoms with Gasteiger partial charge in [0, 0.05) is 6.42 Å². The highest BCUT2D eigenvalue weighted by Gasteiger charge is 2.11. The van der Waals surface area contributed by atoms with Gasteiger partial charge in [-0.15, -0.1) is 0 Å². The molecular weight excluding hydrogens is 160 g/mol. The van der Waals surface area contributed by atoms with Crippen molar-refractivity contribution in [1.29, 1.82) is 0 Å². The summed E-state index contributed by atoms with van der Waals surface area (Å²) in [5.74, 6) is 1.83. The van der Waals surface area contributed by atoms with E-state index < -0.39 is 0 Å². The van der Waals surface area contributed by atoms with Gasteiger partial charge in [0.2, 0.25) is 0 Å². The second-order valence-electron chi connectivity index (χ2n) is 4.14. The molecule has 2 rings (SSSR count). The lowest BCUT2D eigenvalue weighted by Gasteiger charge is -2.06. The molecule has 0 fully saturated rings. The Labute approximate surface area is 79.7 Å². The van der Waals surface area contributed by atoms with Gasteiger partial charge in [-0.1, -0.05) is 26.0 Å². The van der Waals surface area contributed by atoms with E-state index in [0.29, 0.717) is 0 Å². The monoisotopic (exact) mass is 176 g/mol. The van der Waals surface area contributed by atoms with Gasteiger partial charge in [0.25, 0.3) is 0 Å². The van der Waals surface area contributed by atoms with Gasteiger partial charge < -0.3 is 4.74 Å². The standard InChI is InChI=1S/C12H16O/c1-9(2)7-10-3-4-12-11(8-10)5-6-13-12/h3-4,8-9H,5-7H2,1-2H3. The van der Waals surface area contributed by atoms with Crippen LogP contribution in [0.5, 0.6) is 5.75 Å². The van der Waals surface area contributed by atoms with Crippen LogP contribution in [0.2, 0.25) is 0 Å². The van der Waals surface area contributed by atoms with E-state index in [1.54, 1.807) is 0 Å². The minimum atomic E-state index is 0.736. The molecule has 0 aromatic heterocycles. The fourth-order valence-electron chi connectivity index (χ4n) is 1.84. The lowest BCUT2D eigenvalue weighted by molar-refractivity contribution is 0.357. The fraction of sp³-hybridized carbons (Fsp3) is 0.500. The SMILES string of the molecule is CC(C)Cc1ccc2c(c1)CCO2. The topological polar surface area (TPSA) is 9.23 Å². The molecule has 0 amide bonds. The van der Waals surface area contributed by atoms with Crippen molar-refractivity contribution in [2.24, 2.45) is 5.92 Å². The molecule has 1 aliphatic heterocycles. The summed E-state index contributed by atoms with van der Waals surface area (Å²) in [6.45, 7) is 5.37. The second-order valence-corrected chi connectivity index (χ2v) is 4.14. The van der Waals surface area contributed by atoms with Crippen LogP contribution in [0.3, 0.4) is 0 Å². The van der Waals surface area contributed by atoms with Gasteiger partial charge in [0.15, 0.2) is 0 Å². The third-order valence-corrected chi connectivity index (χ3v) is 2.40. The van der Waals surface area contributed by atoms with Crippen LogP contribution in [0.1, 0.15) is 25.0 Å². The number of hydrogen-bond donors (Lipinski definition) is 0. The minimum Gasteiger partial charge on any atom is -0.493 e. The summed E-state index contributed by atoms with van der Waals surface area (Å²) in [6, 6.07) is 6.59. The van der Waals surface area contributed by atoms with Gasteiger partial charge in [-0.25, -0.2) is 0 Å². The van der Waals surface area contributed by atoms with Crippen molar-refractivity contribution in [1.82, 2.24) is 0 Å². The van der Waals surface area contributed by atoms with Crippen LogP contribution in [-0.4, -0.2) is 6.61 Å². The normalized spacial score (nSPS) is 14.4. The fourth-order valence-corrected chi connectivity index (χ4v) is 1.84. The molecule has 0 bridgehead atoms. The molecule has 0 N–H and O–H groups in total. The predicted octanol–water partition coefficient (Wildman–Crippen LogP) is 2.82. The molecule has 70 valence electrons. The first-order chi connectivity index (χ1) is 6.25. The number of benzene rings is 1. The summed E-state index contributed by atoms with van der Waals surface area (Å²) < 4.78 is 5.46. The summed E-state index contributed by atoms with van der Waals surface area (Å²) in [6.07, 6.45) is 2.26. The van der Waals surface area contributed by atoms with Gasteiger partial charge in [0.05, 0.1) is 6.61 Å². The van der Waals surface area contributed by atoms with Crippen LogP contribution in [0.25, 0.3) is 0 Å². The molecule has 0 saturated carbocycles. The van der Waals surface area contributed by atoms with Crippen molar-refractivity contribution in [3.05, 3.63) is 29.3 Å². The molecule has 1 heteroatoms. The van der Waals surface area contributed by atoms with Gasteiger partial charge in [-0.05, 0) is 29.5 Å². The Morgan fingerprint density at radius 3 is 3.00 bits per heavy atom. The molecule has 0 unspecified atom stereocenters. The summed E-state index contributed by atoms with van der Waals surface area (Å²) in [4.78, 5) is 0. The van der Waals surface area contributed by atoms with Crippen molar-refractivity contribution < 1.29 is 4.74 Å². The summed E-state index contributed by atoms with van der Waals surface area (Å²) in [5, 5.41) is 0. The molecule has 0 aliphatic carbocycles. The predicted molar refractivity (Wildman–Crippen MR) is 54.2 cm³/mol. The molecule has 0 spiro atoms. The van der Waals surface area contributed by atoms with E-state index in [9.17, 15) is 0 Å².